The molecule has 1 heterocycles. The maximum absolute atomic E-state index is 12.1. The minimum atomic E-state index is -0.110. The maximum atomic E-state index is 12.1. The first-order valence-corrected chi connectivity index (χ1v) is 6.92. The fourth-order valence-corrected chi connectivity index (χ4v) is 2.93. The van der Waals surface area contributed by atoms with Crippen molar-refractivity contribution in [2.24, 2.45) is 17.3 Å². The van der Waals surface area contributed by atoms with Crippen molar-refractivity contribution in [1.29, 1.82) is 0 Å². The van der Waals surface area contributed by atoms with Gasteiger partial charge in [0, 0.05) is 0 Å². The van der Waals surface area contributed by atoms with Crippen LogP contribution in [0, 0.1) is 17.3 Å². The number of hydrogen-bond acceptors (Lipinski definition) is 2. The topological polar surface area (TPSA) is 37.4 Å². The summed E-state index contributed by atoms with van der Waals surface area (Å²) in [5, 5.41) is 0. The lowest BCUT2D eigenvalue weighted by molar-refractivity contribution is -0.143. The summed E-state index contributed by atoms with van der Waals surface area (Å²) >= 11 is 0. The zero-order valence-electron chi connectivity index (χ0n) is 12.0. The van der Waals surface area contributed by atoms with Crippen molar-refractivity contribution in [1.82, 2.24) is 4.90 Å². The van der Waals surface area contributed by atoms with Crippen molar-refractivity contribution in [3.63, 3.8) is 0 Å². The fraction of sp³-hybridized carbons (Fsp3) is 0.500. The van der Waals surface area contributed by atoms with Crippen LogP contribution in [0.25, 0.3) is 0 Å². The molecule has 1 aliphatic carbocycles. The van der Waals surface area contributed by atoms with E-state index in [0.29, 0.717) is 6.54 Å². The number of hydrogen-bond donors (Lipinski definition) is 0. The number of fused-ring (bicyclic) bond motifs is 1. The zero-order chi connectivity index (χ0) is 14.2. The van der Waals surface area contributed by atoms with Crippen LogP contribution in [-0.4, -0.2) is 16.7 Å². The van der Waals surface area contributed by atoms with Gasteiger partial charge in [0.15, 0.2) is 0 Å². The molecule has 2 atom stereocenters. The average Bonchev–Trinajstić information content (AvgIpc) is 2.90. The van der Waals surface area contributed by atoms with Crippen LogP contribution in [0.1, 0.15) is 33.3 Å². The Hall–Kier alpha value is -1.64. The number of benzene rings is 1. The third-order valence-electron chi connectivity index (χ3n) is 4.08. The number of carbonyl (C=O) groups is 2. The number of imide groups is 1. The zero-order valence-corrected chi connectivity index (χ0v) is 12.0. The van der Waals surface area contributed by atoms with Gasteiger partial charge in [-0.15, -0.1) is 0 Å². The number of carbonyl (C=O) groups excluding carboxylic acids is 2. The molecule has 1 aromatic rings. The number of amides is 2. The highest BCUT2D eigenvalue weighted by molar-refractivity contribution is 6.10. The molecule has 3 heteroatoms. The summed E-state index contributed by atoms with van der Waals surface area (Å²) in [6, 6.07) is 9.65. The molecule has 0 N–H and O–H groups in total. The van der Waals surface area contributed by atoms with Crippen molar-refractivity contribution in [2.45, 2.75) is 34.2 Å². The number of piperidine rings is 1. The summed E-state index contributed by atoms with van der Waals surface area (Å²) in [5.74, 6) is -0.125. The van der Waals surface area contributed by atoms with E-state index in [-0.39, 0.29) is 29.1 Å². The van der Waals surface area contributed by atoms with E-state index in [4.69, 9.17) is 0 Å². The van der Waals surface area contributed by atoms with E-state index in [1.165, 1.54) is 4.90 Å². The van der Waals surface area contributed by atoms with E-state index in [2.05, 4.69) is 0 Å². The van der Waals surface area contributed by atoms with Gasteiger partial charge in [0.1, 0.15) is 0 Å². The largest absolute Gasteiger partial charge is 0.278 e. The molecule has 2 aliphatic rings. The molecule has 1 aliphatic heterocycles. The molecule has 0 aromatic heterocycles. The van der Waals surface area contributed by atoms with Gasteiger partial charge >= 0.3 is 0 Å². The highest BCUT2D eigenvalue weighted by Crippen LogP contribution is 2.63. The molecule has 0 radical (unpaired) electrons. The quantitative estimate of drug-likeness (QED) is 0.766. The standard InChI is InChI=1S/C14H15NO2.C2H6/c1-14(2)10-11(14)13(17)15(12(10)16)8-9-6-4-3-5-7-9;1-2/h3-7,10-11H,8H2,1-2H3;1-2H3. The Morgan fingerprint density at radius 2 is 1.47 bits per heavy atom. The number of likely N-dealkylation sites (tertiary alicyclic amines) is 1. The highest BCUT2D eigenvalue weighted by atomic mass is 16.2. The van der Waals surface area contributed by atoms with Crippen LogP contribution < -0.4 is 0 Å². The Morgan fingerprint density at radius 3 is 1.95 bits per heavy atom. The second-order valence-corrected chi connectivity index (χ2v) is 5.52. The Balaban J connectivity index is 0.000000637. The average molecular weight is 259 g/mol. The van der Waals surface area contributed by atoms with E-state index in [1.807, 2.05) is 58.0 Å². The van der Waals surface area contributed by atoms with E-state index in [0.717, 1.165) is 5.56 Å². The molecule has 3 rings (SSSR count). The third kappa shape index (κ3) is 2.07. The van der Waals surface area contributed by atoms with Crippen LogP contribution in [0.2, 0.25) is 0 Å². The van der Waals surface area contributed by atoms with Crippen LogP contribution in [-0.2, 0) is 16.1 Å². The van der Waals surface area contributed by atoms with Gasteiger partial charge < -0.3 is 0 Å². The van der Waals surface area contributed by atoms with Gasteiger partial charge in [0.25, 0.3) is 0 Å². The van der Waals surface area contributed by atoms with Crippen molar-refractivity contribution in [2.75, 3.05) is 0 Å². The Labute approximate surface area is 114 Å². The van der Waals surface area contributed by atoms with Crippen LogP contribution >= 0.6 is 0 Å². The molecule has 2 fully saturated rings. The predicted molar refractivity (Wildman–Crippen MR) is 74.1 cm³/mol. The van der Waals surface area contributed by atoms with Crippen molar-refractivity contribution in [3.8, 4) is 0 Å². The number of rotatable bonds is 2. The predicted octanol–water partition coefficient (Wildman–Crippen LogP) is 2.85. The SMILES string of the molecule is CC.CC1(C)C2C(=O)N(Cc3ccccc3)C(=O)C21. The molecule has 2 amide bonds. The van der Waals surface area contributed by atoms with Crippen molar-refractivity contribution in [3.05, 3.63) is 35.9 Å². The van der Waals surface area contributed by atoms with Gasteiger partial charge in [-0.1, -0.05) is 58.0 Å². The Kier molecular flexibility index (Phi) is 3.48. The van der Waals surface area contributed by atoms with Crippen LogP contribution in [0.4, 0.5) is 0 Å². The molecule has 1 aromatic carbocycles. The summed E-state index contributed by atoms with van der Waals surface area (Å²) in [5.41, 5.74) is 0.898. The van der Waals surface area contributed by atoms with Gasteiger partial charge in [0.05, 0.1) is 18.4 Å². The first-order chi connectivity index (χ1) is 9.03. The number of nitrogens with zero attached hydrogens (tertiary/aromatic N) is 1. The molecule has 2 unspecified atom stereocenters. The first-order valence-electron chi connectivity index (χ1n) is 6.92. The van der Waals surface area contributed by atoms with Crippen molar-refractivity contribution < 1.29 is 9.59 Å². The molecular formula is C16H21NO2. The second kappa shape index (κ2) is 4.80. The molecule has 1 saturated heterocycles. The third-order valence-corrected chi connectivity index (χ3v) is 4.08. The first kappa shape index (κ1) is 13.8. The second-order valence-electron chi connectivity index (χ2n) is 5.52. The molecule has 3 nitrogen and oxygen atoms in total. The fourth-order valence-electron chi connectivity index (χ4n) is 2.93. The smallest absolute Gasteiger partial charge is 0.233 e. The lowest BCUT2D eigenvalue weighted by Crippen LogP contribution is -2.35. The molecule has 1 saturated carbocycles. The highest BCUT2D eigenvalue weighted by Gasteiger charge is 2.72. The normalized spacial score (nSPS) is 26.6. The summed E-state index contributed by atoms with van der Waals surface area (Å²) in [6.07, 6.45) is 0. The monoisotopic (exact) mass is 259 g/mol. The molecular weight excluding hydrogens is 238 g/mol. The van der Waals surface area contributed by atoms with Crippen LogP contribution in [0.15, 0.2) is 30.3 Å². The van der Waals surface area contributed by atoms with Crippen LogP contribution in [0.3, 0.4) is 0 Å². The van der Waals surface area contributed by atoms with Gasteiger partial charge in [-0.05, 0) is 11.0 Å². The summed E-state index contributed by atoms with van der Waals surface area (Å²) in [7, 11) is 0. The summed E-state index contributed by atoms with van der Waals surface area (Å²) in [4.78, 5) is 25.6. The molecule has 19 heavy (non-hydrogen) atoms. The van der Waals surface area contributed by atoms with Gasteiger partial charge in [-0.25, -0.2) is 0 Å². The molecule has 0 bridgehead atoms. The minimum absolute atomic E-state index is 0.00820. The minimum Gasteiger partial charge on any atom is -0.278 e. The Bertz CT molecular complexity index is 469. The molecule has 0 spiro atoms. The van der Waals surface area contributed by atoms with E-state index in [1.54, 1.807) is 0 Å². The van der Waals surface area contributed by atoms with Gasteiger partial charge in [-0.3, -0.25) is 14.5 Å². The van der Waals surface area contributed by atoms with E-state index >= 15 is 0 Å². The van der Waals surface area contributed by atoms with E-state index in [9.17, 15) is 9.59 Å². The summed E-state index contributed by atoms with van der Waals surface area (Å²) in [6.45, 7) is 8.41. The van der Waals surface area contributed by atoms with Gasteiger partial charge in [0.2, 0.25) is 11.8 Å². The lowest BCUT2D eigenvalue weighted by atomic mass is 10.1. The van der Waals surface area contributed by atoms with Crippen molar-refractivity contribution >= 4 is 11.8 Å². The molecule has 102 valence electrons. The van der Waals surface area contributed by atoms with Crippen LogP contribution in [0.5, 0.6) is 0 Å². The van der Waals surface area contributed by atoms with E-state index < -0.39 is 0 Å². The summed E-state index contributed by atoms with van der Waals surface area (Å²) < 4.78 is 0. The lowest BCUT2D eigenvalue weighted by Gasteiger charge is -2.20. The van der Waals surface area contributed by atoms with Gasteiger partial charge in [-0.2, -0.15) is 0 Å². The maximum Gasteiger partial charge on any atom is 0.233 e. The Morgan fingerprint density at radius 1 is 1.00 bits per heavy atom.